The maximum atomic E-state index is 11.4. The molecular formula is C16H26O5Pt. The van der Waals surface area contributed by atoms with Gasteiger partial charge < -0.3 is 10.2 Å². The molecule has 0 aromatic carbocycles. The number of Topliss-reactive ketones (excluding diaryl/α,β-unsaturated/α-hetero) is 1. The minimum atomic E-state index is -1.53. The van der Waals surface area contributed by atoms with E-state index in [2.05, 4.69) is 0 Å². The van der Waals surface area contributed by atoms with E-state index >= 15 is 0 Å². The summed E-state index contributed by atoms with van der Waals surface area (Å²) in [6.45, 7) is 3.83. The Bertz CT molecular complexity index is 383. The fraction of sp³-hybridized carbons (Fsp3) is 0.812. The molecule has 1 rings (SSSR count). The minimum absolute atomic E-state index is 0. The predicted octanol–water partition coefficient (Wildman–Crippen LogP) is 3.12. The zero-order chi connectivity index (χ0) is 16.0. The van der Waals surface area contributed by atoms with Crippen LogP contribution >= 0.6 is 0 Å². The molecule has 0 spiro atoms. The van der Waals surface area contributed by atoms with Crippen molar-refractivity contribution in [3.05, 3.63) is 0 Å². The molecule has 0 radical (unpaired) electrons. The molecule has 0 unspecified atom stereocenters. The topological polar surface area (TPSA) is 91.7 Å². The van der Waals surface area contributed by atoms with Crippen molar-refractivity contribution in [2.45, 2.75) is 65.2 Å². The fourth-order valence-corrected chi connectivity index (χ4v) is 2.95. The van der Waals surface area contributed by atoms with Crippen LogP contribution in [0.25, 0.3) is 0 Å². The predicted molar refractivity (Wildman–Crippen MR) is 78.0 cm³/mol. The van der Waals surface area contributed by atoms with Crippen LogP contribution in [0.1, 0.15) is 65.2 Å². The van der Waals surface area contributed by atoms with Crippen molar-refractivity contribution in [2.24, 2.45) is 17.3 Å². The van der Waals surface area contributed by atoms with Crippen LogP contribution in [0.3, 0.4) is 0 Å². The summed E-state index contributed by atoms with van der Waals surface area (Å²) >= 11 is 0. The minimum Gasteiger partial charge on any atom is -0.480 e. The van der Waals surface area contributed by atoms with Crippen molar-refractivity contribution >= 4 is 17.7 Å². The molecule has 2 N–H and O–H groups in total. The van der Waals surface area contributed by atoms with Crippen LogP contribution in [0.5, 0.6) is 0 Å². The van der Waals surface area contributed by atoms with E-state index in [-0.39, 0.29) is 45.7 Å². The molecule has 1 saturated carbocycles. The van der Waals surface area contributed by atoms with E-state index in [1.54, 1.807) is 0 Å². The Hall–Kier alpha value is -0.702. The standard InChI is InChI=1S/C16H26O5.Pt/c1-11(2)13(17)8-6-4-3-5-7-12-9-16(10-12,14(18)19)15(20)21;/h11-12H,3-10H2,1-2H3,(H,18,19)(H,20,21);. The third kappa shape index (κ3) is 5.49. The van der Waals surface area contributed by atoms with E-state index in [1.165, 1.54) is 0 Å². The molecule has 0 aromatic heterocycles. The number of carboxylic acids is 2. The van der Waals surface area contributed by atoms with Gasteiger partial charge in [0, 0.05) is 33.4 Å². The molecule has 1 aliphatic rings. The van der Waals surface area contributed by atoms with Crippen molar-refractivity contribution in [3.8, 4) is 0 Å². The number of hydrogen-bond acceptors (Lipinski definition) is 3. The van der Waals surface area contributed by atoms with E-state index in [0.717, 1.165) is 32.1 Å². The third-order valence-electron chi connectivity index (χ3n) is 4.52. The first-order chi connectivity index (χ1) is 9.79. The van der Waals surface area contributed by atoms with Crippen molar-refractivity contribution in [3.63, 3.8) is 0 Å². The molecule has 0 heterocycles. The molecule has 22 heavy (non-hydrogen) atoms. The number of carbonyl (C=O) groups is 3. The van der Waals surface area contributed by atoms with Gasteiger partial charge >= 0.3 is 11.9 Å². The molecule has 5 nitrogen and oxygen atoms in total. The summed E-state index contributed by atoms with van der Waals surface area (Å²) < 4.78 is 0. The van der Waals surface area contributed by atoms with Gasteiger partial charge in [0.25, 0.3) is 0 Å². The van der Waals surface area contributed by atoms with E-state index in [1.807, 2.05) is 13.8 Å². The molecule has 0 atom stereocenters. The second-order valence-electron chi connectivity index (χ2n) is 6.54. The van der Waals surface area contributed by atoms with Crippen molar-refractivity contribution in [2.75, 3.05) is 0 Å². The first-order valence-corrected chi connectivity index (χ1v) is 7.79. The number of hydrogen-bond donors (Lipinski definition) is 2. The van der Waals surface area contributed by atoms with Crippen LogP contribution in [-0.2, 0) is 35.4 Å². The number of rotatable bonds is 10. The number of carbonyl (C=O) groups excluding carboxylic acids is 1. The van der Waals surface area contributed by atoms with Crippen LogP contribution in [0.4, 0.5) is 0 Å². The number of ketones is 1. The summed E-state index contributed by atoms with van der Waals surface area (Å²) in [6.07, 6.45) is 5.96. The Morgan fingerprint density at radius 2 is 1.50 bits per heavy atom. The van der Waals surface area contributed by atoms with Gasteiger partial charge in [0.2, 0.25) is 0 Å². The molecule has 1 aliphatic carbocycles. The van der Waals surface area contributed by atoms with Gasteiger partial charge in [-0.3, -0.25) is 14.4 Å². The second-order valence-corrected chi connectivity index (χ2v) is 6.54. The van der Waals surface area contributed by atoms with E-state index in [0.29, 0.717) is 12.2 Å². The van der Waals surface area contributed by atoms with Crippen LogP contribution in [-0.4, -0.2) is 27.9 Å². The Labute approximate surface area is 146 Å². The Morgan fingerprint density at radius 1 is 1.00 bits per heavy atom. The molecular weight excluding hydrogens is 467 g/mol. The molecule has 0 amide bonds. The van der Waals surface area contributed by atoms with E-state index < -0.39 is 17.4 Å². The van der Waals surface area contributed by atoms with Gasteiger partial charge in [0.15, 0.2) is 5.41 Å². The average molecular weight is 493 g/mol. The fourth-order valence-electron chi connectivity index (χ4n) is 2.95. The van der Waals surface area contributed by atoms with Crippen LogP contribution in [0.15, 0.2) is 0 Å². The monoisotopic (exact) mass is 493 g/mol. The summed E-state index contributed by atoms with van der Waals surface area (Å²) in [5.41, 5.74) is -1.53. The Morgan fingerprint density at radius 3 is 1.95 bits per heavy atom. The first kappa shape index (κ1) is 21.3. The number of unbranched alkanes of at least 4 members (excludes halogenated alkanes) is 3. The van der Waals surface area contributed by atoms with E-state index in [4.69, 9.17) is 10.2 Å². The van der Waals surface area contributed by atoms with Gasteiger partial charge in [-0.1, -0.05) is 39.5 Å². The van der Waals surface area contributed by atoms with Gasteiger partial charge in [-0.05, 0) is 25.2 Å². The Balaban J connectivity index is 0.00000441. The van der Waals surface area contributed by atoms with Crippen LogP contribution in [0, 0.1) is 17.3 Å². The summed E-state index contributed by atoms with van der Waals surface area (Å²) in [6, 6.07) is 0. The first-order valence-electron chi connectivity index (χ1n) is 7.79. The molecule has 130 valence electrons. The summed E-state index contributed by atoms with van der Waals surface area (Å²) in [4.78, 5) is 33.5. The largest absolute Gasteiger partial charge is 0.480 e. The number of carboxylic acid groups (broad SMARTS) is 2. The van der Waals surface area contributed by atoms with E-state index in [9.17, 15) is 14.4 Å². The quantitative estimate of drug-likeness (QED) is 0.361. The Kier molecular flexibility index (Phi) is 9.14. The molecule has 1 fully saturated rings. The van der Waals surface area contributed by atoms with Gasteiger partial charge in [-0.2, -0.15) is 0 Å². The zero-order valence-electron chi connectivity index (χ0n) is 13.2. The van der Waals surface area contributed by atoms with Crippen LogP contribution in [0.2, 0.25) is 0 Å². The maximum Gasteiger partial charge on any atom is 0.321 e. The molecule has 0 bridgehead atoms. The van der Waals surface area contributed by atoms with Crippen molar-refractivity contribution in [1.82, 2.24) is 0 Å². The maximum absolute atomic E-state index is 11.4. The smallest absolute Gasteiger partial charge is 0.321 e. The second kappa shape index (κ2) is 9.44. The van der Waals surface area contributed by atoms with Gasteiger partial charge in [0.05, 0.1) is 0 Å². The SMILES string of the molecule is CC(C)C(=O)CCCCCCC1CC(C(=O)O)(C(=O)O)C1.[Pt]. The van der Waals surface area contributed by atoms with Crippen molar-refractivity contribution < 1.29 is 45.7 Å². The normalized spacial score (nSPS) is 16.7. The number of aliphatic carboxylic acids is 2. The average Bonchev–Trinajstić information content (AvgIpc) is 2.33. The summed E-state index contributed by atoms with van der Waals surface area (Å²) in [7, 11) is 0. The van der Waals surface area contributed by atoms with Crippen molar-refractivity contribution in [1.29, 1.82) is 0 Å². The summed E-state index contributed by atoms with van der Waals surface area (Å²) in [5.74, 6) is -1.78. The zero-order valence-corrected chi connectivity index (χ0v) is 15.5. The van der Waals surface area contributed by atoms with Gasteiger partial charge in [0.1, 0.15) is 5.78 Å². The molecule has 0 saturated heterocycles. The van der Waals surface area contributed by atoms with Gasteiger partial charge in [-0.15, -0.1) is 0 Å². The molecule has 0 aliphatic heterocycles. The molecule has 0 aromatic rings. The van der Waals surface area contributed by atoms with Crippen LogP contribution < -0.4 is 0 Å². The molecule has 6 heteroatoms. The van der Waals surface area contributed by atoms with Gasteiger partial charge in [-0.25, -0.2) is 0 Å². The third-order valence-corrected chi connectivity index (χ3v) is 4.52. The summed E-state index contributed by atoms with van der Waals surface area (Å²) in [5, 5.41) is 18.0.